The first-order chi connectivity index (χ1) is 12.1. The van der Waals surface area contributed by atoms with Crippen LogP contribution in [0.25, 0.3) is 10.9 Å². The van der Waals surface area contributed by atoms with Gasteiger partial charge in [0, 0.05) is 36.4 Å². The van der Waals surface area contributed by atoms with Gasteiger partial charge in [-0.2, -0.15) is 0 Å². The lowest BCUT2D eigenvalue weighted by Crippen LogP contribution is -2.38. The van der Waals surface area contributed by atoms with Crippen molar-refractivity contribution in [2.24, 2.45) is 0 Å². The van der Waals surface area contributed by atoms with Gasteiger partial charge in [-0.1, -0.05) is 12.1 Å². The molecular weight excluding hydrogens is 317 g/mol. The second-order valence-electron chi connectivity index (χ2n) is 6.72. The molecule has 0 spiro atoms. The smallest absolute Gasteiger partial charge is 0.256 e. The van der Waals surface area contributed by atoms with Crippen molar-refractivity contribution in [3.05, 3.63) is 65.4 Å². The maximum Gasteiger partial charge on any atom is 0.256 e. The number of rotatable bonds is 2. The first kappa shape index (κ1) is 15.8. The molecule has 4 nitrogen and oxygen atoms in total. The largest absolute Gasteiger partial charge is 0.361 e. The van der Waals surface area contributed by atoms with Gasteiger partial charge in [-0.25, -0.2) is 4.39 Å². The predicted molar refractivity (Wildman–Crippen MR) is 95.1 cm³/mol. The van der Waals surface area contributed by atoms with Crippen LogP contribution in [-0.4, -0.2) is 33.9 Å². The minimum Gasteiger partial charge on any atom is -0.361 e. The van der Waals surface area contributed by atoms with Gasteiger partial charge in [-0.15, -0.1) is 0 Å². The number of aromatic nitrogens is 2. The van der Waals surface area contributed by atoms with Crippen LogP contribution in [0.15, 0.2) is 42.9 Å². The summed E-state index contributed by atoms with van der Waals surface area (Å²) >= 11 is 0. The molecule has 25 heavy (non-hydrogen) atoms. The van der Waals surface area contributed by atoms with Crippen LogP contribution < -0.4 is 0 Å². The first-order valence-electron chi connectivity index (χ1n) is 8.60. The second-order valence-corrected chi connectivity index (χ2v) is 6.72. The molecule has 0 bridgehead atoms. The molecule has 128 valence electrons. The van der Waals surface area contributed by atoms with Gasteiger partial charge in [0.25, 0.3) is 5.91 Å². The van der Waals surface area contributed by atoms with Gasteiger partial charge >= 0.3 is 0 Å². The van der Waals surface area contributed by atoms with Gasteiger partial charge in [-0.05, 0) is 48.9 Å². The highest BCUT2D eigenvalue weighted by Crippen LogP contribution is 2.33. The number of likely N-dealkylation sites (tertiary alicyclic amines) is 1. The number of pyridine rings is 1. The molecule has 1 aliphatic heterocycles. The average molecular weight is 337 g/mol. The fourth-order valence-corrected chi connectivity index (χ4v) is 3.71. The van der Waals surface area contributed by atoms with Crippen molar-refractivity contribution in [1.82, 2.24) is 14.9 Å². The third-order valence-electron chi connectivity index (χ3n) is 5.09. The van der Waals surface area contributed by atoms with E-state index in [2.05, 4.69) is 41.3 Å². The number of aromatic amines is 1. The third-order valence-corrected chi connectivity index (χ3v) is 5.09. The van der Waals surface area contributed by atoms with Crippen LogP contribution in [0.4, 0.5) is 4.39 Å². The number of nitrogens with one attached hydrogen (secondary N) is 1. The summed E-state index contributed by atoms with van der Waals surface area (Å²) in [5.74, 6) is -0.377. The summed E-state index contributed by atoms with van der Waals surface area (Å²) in [6.07, 6.45) is 6.41. The van der Waals surface area contributed by atoms with Crippen LogP contribution in [-0.2, 0) is 0 Å². The maximum atomic E-state index is 13.8. The summed E-state index contributed by atoms with van der Waals surface area (Å²) in [5, 5.41) is 1.26. The van der Waals surface area contributed by atoms with Gasteiger partial charge in [0.1, 0.15) is 0 Å². The Kier molecular flexibility index (Phi) is 3.99. The third kappa shape index (κ3) is 2.90. The van der Waals surface area contributed by atoms with Crippen molar-refractivity contribution in [3.8, 4) is 0 Å². The highest BCUT2D eigenvalue weighted by Gasteiger charge is 2.27. The zero-order chi connectivity index (χ0) is 17.4. The quantitative estimate of drug-likeness (QED) is 0.767. The number of fused-ring (bicyclic) bond motifs is 1. The fraction of sp³-hybridized carbons (Fsp3) is 0.300. The molecule has 3 heterocycles. The number of amides is 1. The van der Waals surface area contributed by atoms with E-state index in [1.165, 1.54) is 28.8 Å². The summed E-state index contributed by atoms with van der Waals surface area (Å²) in [4.78, 5) is 21.3. The van der Waals surface area contributed by atoms with Crippen LogP contribution in [0, 0.1) is 12.7 Å². The molecule has 4 rings (SSSR count). The number of piperidine rings is 1. The lowest BCUT2D eigenvalue weighted by Gasteiger charge is -2.32. The van der Waals surface area contributed by atoms with Crippen molar-refractivity contribution >= 4 is 16.8 Å². The van der Waals surface area contributed by atoms with Crippen LogP contribution in [0.3, 0.4) is 0 Å². The van der Waals surface area contributed by atoms with Crippen LogP contribution in [0.1, 0.15) is 40.2 Å². The molecule has 5 heteroatoms. The Hall–Kier alpha value is -2.69. The summed E-state index contributed by atoms with van der Waals surface area (Å²) in [7, 11) is 0. The van der Waals surface area contributed by atoms with Gasteiger partial charge < -0.3 is 9.88 Å². The summed E-state index contributed by atoms with van der Waals surface area (Å²) in [5.41, 5.74) is 3.82. The summed E-state index contributed by atoms with van der Waals surface area (Å²) in [6.45, 7) is 3.37. The number of benzene rings is 1. The molecule has 0 unspecified atom stereocenters. The first-order valence-corrected chi connectivity index (χ1v) is 8.60. The number of carbonyl (C=O) groups excluding carboxylic acids is 1. The average Bonchev–Trinajstić information content (AvgIpc) is 3.04. The van der Waals surface area contributed by atoms with E-state index in [1.807, 2.05) is 0 Å². The Labute approximate surface area is 145 Å². The normalized spacial score (nSPS) is 15.7. The van der Waals surface area contributed by atoms with Crippen LogP contribution in [0.5, 0.6) is 0 Å². The lowest BCUT2D eigenvalue weighted by molar-refractivity contribution is 0.0708. The molecule has 1 saturated heterocycles. The highest BCUT2D eigenvalue weighted by atomic mass is 19.1. The summed E-state index contributed by atoms with van der Waals surface area (Å²) in [6, 6.07) is 7.90. The number of hydrogen-bond acceptors (Lipinski definition) is 2. The molecule has 1 N–H and O–H groups in total. The maximum absolute atomic E-state index is 13.8. The molecule has 1 aliphatic rings. The van der Waals surface area contributed by atoms with Crippen molar-refractivity contribution in [2.75, 3.05) is 13.1 Å². The fourth-order valence-electron chi connectivity index (χ4n) is 3.71. The van der Waals surface area contributed by atoms with E-state index in [1.54, 1.807) is 4.90 Å². The number of aryl methyl sites for hydroxylation is 1. The van der Waals surface area contributed by atoms with Crippen molar-refractivity contribution in [2.45, 2.75) is 25.7 Å². The van der Waals surface area contributed by atoms with Gasteiger partial charge in [0.2, 0.25) is 0 Å². The van der Waals surface area contributed by atoms with Gasteiger partial charge in [-0.3, -0.25) is 9.78 Å². The minimum absolute atomic E-state index is 0.107. The van der Waals surface area contributed by atoms with E-state index in [0.29, 0.717) is 19.0 Å². The Balaban J connectivity index is 1.49. The van der Waals surface area contributed by atoms with E-state index >= 15 is 0 Å². The predicted octanol–water partition coefficient (Wildman–Crippen LogP) is 4.03. The minimum atomic E-state index is -0.554. The van der Waals surface area contributed by atoms with E-state index < -0.39 is 5.82 Å². The van der Waals surface area contributed by atoms with Gasteiger partial charge in [0.05, 0.1) is 11.8 Å². The molecule has 1 fully saturated rings. The topological polar surface area (TPSA) is 49.0 Å². The molecule has 1 amide bonds. The summed E-state index contributed by atoms with van der Waals surface area (Å²) < 4.78 is 13.8. The lowest BCUT2D eigenvalue weighted by atomic mass is 9.89. The van der Waals surface area contributed by atoms with Crippen molar-refractivity contribution < 1.29 is 9.18 Å². The molecule has 3 aromatic rings. The molecule has 0 saturated carbocycles. The zero-order valence-electron chi connectivity index (χ0n) is 14.1. The molecule has 0 radical (unpaired) electrons. The molecule has 1 aromatic carbocycles. The molecular formula is C20H20FN3O. The van der Waals surface area contributed by atoms with Crippen LogP contribution >= 0.6 is 0 Å². The molecule has 0 atom stereocenters. The Bertz CT molecular complexity index is 926. The second kappa shape index (κ2) is 6.31. The number of hydrogen-bond donors (Lipinski definition) is 1. The molecule has 2 aromatic heterocycles. The van der Waals surface area contributed by atoms with Crippen molar-refractivity contribution in [3.63, 3.8) is 0 Å². The van der Waals surface area contributed by atoms with Gasteiger partial charge in [0.15, 0.2) is 5.82 Å². The van der Waals surface area contributed by atoms with E-state index in [0.717, 1.165) is 24.6 Å². The molecule has 0 aliphatic carbocycles. The number of H-pyrrole nitrogens is 1. The van der Waals surface area contributed by atoms with E-state index in [-0.39, 0.29) is 11.5 Å². The Morgan fingerprint density at radius 1 is 1.28 bits per heavy atom. The van der Waals surface area contributed by atoms with Crippen LogP contribution in [0.2, 0.25) is 0 Å². The standard InChI is InChI=1S/C20H20FN3O/c1-13-2-3-15-17(11-23-19(15)10-13)14-5-8-24(9-6-14)20(25)16-4-7-22-12-18(16)21/h2-4,7,10-12,14,23H,5-6,8-9H2,1H3. The Morgan fingerprint density at radius 2 is 2.08 bits per heavy atom. The number of halogens is 1. The SMILES string of the molecule is Cc1ccc2c(C3CCN(C(=O)c4ccncc4F)CC3)c[nH]c2c1. The van der Waals surface area contributed by atoms with E-state index in [4.69, 9.17) is 0 Å². The highest BCUT2D eigenvalue weighted by molar-refractivity contribution is 5.94. The van der Waals surface area contributed by atoms with Crippen molar-refractivity contribution in [1.29, 1.82) is 0 Å². The number of nitrogens with zero attached hydrogens (tertiary/aromatic N) is 2. The number of carbonyl (C=O) groups is 1. The monoisotopic (exact) mass is 337 g/mol. The zero-order valence-corrected chi connectivity index (χ0v) is 14.1. The van der Waals surface area contributed by atoms with E-state index in [9.17, 15) is 9.18 Å². The Morgan fingerprint density at radius 3 is 2.84 bits per heavy atom.